The van der Waals surface area contributed by atoms with Crippen molar-refractivity contribution < 1.29 is 0 Å². The molecule has 0 saturated carbocycles. The summed E-state index contributed by atoms with van der Waals surface area (Å²) in [6.45, 7) is 3.97. The van der Waals surface area contributed by atoms with Crippen LogP contribution in [-0.2, 0) is 0 Å². The third kappa shape index (κ3) is 2.28. The molecular weight excluding hydrogens is 200 g/mol. The van der Waals surface area contributed by atoms with Crippen molar-refractivity contribution in [2.24, 2.45) is 0 Å². The lowest BCUT2D eigenvalue weighted by molar-refractivity contribution is 1.23. The maximum absolute atomic E-state index is 5.64. The summed E-state index contributed by atoms with van der Waals surface area (Å²) in [5.74, 6) is 0.807. The fourth-order valence-corrected chi connectivity index (χ4v) is 1.49. The third-order valence-corrected chi connectivity index (χ3v) is 2.24. The maximum Gasteiger partial charge on any atom is 0.133 e. The SMILES string of the molecule is Cc1cncc(Nc2ncc(N)cc2C)c1. The molecule has 16 heavy (non-hydrogen) atoms. The number of nitrogens with zero attached hydrogens (tertiary/aromatic N) is 2. The fourth-order valence-electron chi connectivity index (χ4n) is 1.49. The summed E-state index contributed by atoms with van der Waals surface area (Å²) in [7, 11) is 0. The summed E-state index contributed by atoms with van der Waals surface area (Å²) in [5.41, 5.74) is 9.37. The van der Waals surface area contributed by atoms with Gasteiger partial charge in [-0.1, -0.05) is 0 Å². The predicted octanol–water partition coefficient (Wildman–Crippen LogP) is 2.42. The van der Waals surface area contributed by atoms with E-state index in [-0.39, 0.29) is 0 Å². The highest BCUT2D eigenvalue weighted by atomic mass is 15.0. The van der Waals surface area contributed by atoms with Crippen LogP contribution in [0.25, 0.3) is 0 Å². The highest BCUT2D eigenvalue weighted by Gasteiger charge is 2.01. The Bertz CT molecular complexity index is 508. The minimum Gasteiger partial charge on any atom is -0.397 e. The second-order valence-corrected chi connectivity index (χ2v) is 3.81. The molecule has 4 heteroatoms. The number of nitrogens with one attached hydrogen (secondary N) is 1. The average molecular weight is 214 g/mol. The van der Waals surface area contributed by atoms with Crippen molar-refractivity contribution in [3.63, 3.8) is 0 Å². The van der Waals surface area contributed by atoms with Crippen LogP contribution in [0.15, 0.2) is 30.7 Å². The largest absolute Gasteiger partial charge is 0.397 e. The molecule has 0 radical (unpaired) electrons. The summed E-state index contributed by atoms with van der Waals surface area (Å²) >= 11 is 0. The Kier molecular flexibility index (Phi) is 2.72. The van der Waals surface area contributed by atoms with Crippen LogP contribution in [0.4, 0.5) is 17.2 Å². The zero-order chi connectivity index (χ0) is 11.5. The molecule has 2 aromatic rings. The van der Waals surface area contributed by atoms with Gasteiger partial charge in [0, 0.05) is 6.20 Å². The molecule has 2 rings (SSSR count). The number of nitrogens with two attached hydrogens (primary N) is 1. The molecule has 0 amide bonds. The van der Waals surface area contributed by atoms with Crippen molar-refractivity contribution >= 4 is 17.2 Å². The zero-order valence-corrected chi connectivity index (χ0v) is 9.36. The summed E-state index contributed by atoms with van der Waals surface area (Å²) in [4.78, 5) is 8.35. The van der Waals surface area contributed by atoms with Gasteiger partial charge in [-0.2, -0.15) is 0 Å². The summed E-state index contributed by atoms with van der Waals surface area (Å²) in [5, 5.41) is 3.21. The highest BCUT2D eigenvalue weighted by Crippen LogP contribution is 2.19. The Balaban J connectivity index is 2.27. The number of aromatic nitrogens is 2. The molecule has 0 saturated heterocycles. The molecule has 0 aliphatic rings. The minimum atomic E-state index is 0.672. The van der Waals surface area contributed by atoms with E-state index in [1.807, 2.05) is 32.2 Å². The van der Waals surface area contributed by atoms with Crippen molar-refractivity contribution in [2.45, 2.75) is 13.8 Å². The topological polar surface area (TPSA) is 63.8 Å². The Morgan fingerprint density at radius 3 is 2.62 bits per heavy atom. The molecule has 0 aromatic carbocycles. The van der Waals surface area contributed by atoms with Crippen LogP contribution in [0.1, 0.15) is 11.1 Å². The Morgan fingerprint density at radius 1 is 1.12 bits per heavy atom. The zero-order valence-electron chi connectivity index (χ0n) is 9.36. The first-order valence-electron chi connectivity index (χ1n) is 5.06. The van der Waals surface area contributed by atoms with E-state index in [1.165, 1.54) is 0 Å². The van der Waals surface area contributed by atoms with E-state index in [9.17, 15) is 0 Å². The van der Waals surface area contributed by atoms with Crippen LogP contribution >= 0.6 is 0 Å². The molecule has 3 N–H and O–H groups in total. The van der Waals surface area contributed by atoms with E-state index in [2.05, 4.69) is 15.3 Å². The van der Waals surface area contributed by atoms with Gasteiger partial charge >= 0.3 is 0 Å². The van der Waals surface area contributed by atoms with E-state index >= 15 is 0 Å². The van der Waals surface area contributed by atoms with Crippen LogP contribution in [0.2, 0.25) is 0 Å². The van der Waals surface area contributed by atoms with Crippen LogP contribution in [0, 0.1) is 13.8 Å². The van der Waals surface area contributed by atoms with E-state index in [4.69, 9.17) is 5.73 Å². The molecule has 0 spiro atoms. The second kappa shape index (κ2) is 4.18. The molecule has 0 atom stereocenters. The van der Waals surface area contributed by atoms with Crippen molar-refractivity contribution in [1.82, 2.24) is 9.97 Å². The minimum absolute atomic E-state index is 0.672. The Hall–Kier alpha value is -2.10. The lowest BCUT2D eigenvalue weighted by Crippen LogP contribution is -1.98. The van der Waals surface area contributed by atoms with Gasteiger partial charge in [0.25, 0.3) is 0 Å². The van der Waals surface area contributed by atoms with Crippen molar-refractivity contribution in [3.05, 3.63) is 41.9 Å². The van der Waals surface area contributed by atoms with Crippen LogP contribution in [0.5, 0.6) is 0 Å². The molecule has 2 aromatic heterocycles. The quantitative estimate of drug-likeness (QED) is 0.805. The standard InChI is InChI=1S/C12H14N4/c1-8-3-11(7-14-5-8)16-12-9(2)4-10(13)6-15-12/h3-7H,13H2,1-2H3,(H,15,16). The fraction of sp³-hybridized carbons (Fsp3) is 0.167. The first-order chi connectivity index (χ1) is 7.65. The van der Waals surface area contributed by atoms with Gasteiger partial charge in [0.05, 0.1) is 23.8 Å². The van der Waals surface area contributed by atoms with Crippen molar-refractivity contribution in [1.29, 1.82) is 0 Å². The van der Waals surface area contributed by atoms with E-state index < -0.39 is 0 Å². The van der Waals surface area contributed by atoms with E-state index in [0.717, 1.165) is 22.6 Å². The number of hydrogen-bond acceptors (Lipinski definition) is 4. The molecule has 0 aliphatic carbocycles. The van der Waals surface area contributed by atoms with Gasteiger partial charge in [0.15, 0.2) is 0 Å². The second-order valence-electron chi connectivity index (χ2n) is 3.81. The molecule has 2 heterocycles. The third-order valence-electron chi connectivity index (χ3n) is 2.24. The van der Waals surface area contributed by atoms with Gasteiger partial charge < -0.3 is 11.1 Å². The van der Waals surface area contributed by atoms with Gasteiger partial charge in [-0.25, -0.2) is 4.98 Å². The van der Waals surface area contributed by atoms with Gasteiger partial charge in [0.2, 0.25) is 0 Å². The molecule has 0 aliphatic heterocycles. The van der Waals surface area contributed by atoms with Crippen molar-refractivity contribution in [3.8, 4) is 0 Å². The number of aryl methyl sites for hydroxylation is 2. The highest BCUT2D eigenvalue weighted by molar-refractivity contribution is 5.60. The predicted molar refractivity (Wildman–Crippen MR) is 65.6 cm³/mol. The number of rotatable bonds is 2. The van der Waals surface area contributed by atoms with Gasteiger partial charge in [0.1, 0.15) is 5.82 Å². The van der Waals surface area contributed by atoms with Gasteiger partial charge in [-0.15, -0.1) is 0 Å². The average Bonchev–Trinajstić information content (AvgIpc) is 2.22. The van der Waals surface area contributed by atoms with Crippen LogP contribution < -0.4 is 11.1 Å². The lowest BCUT2D eigenvalue weighted by Gasteiger charge is -2.08. The first kappa shape index (κ1) is 10.4. The number of nitrogen functional groups attached to an aromatic ring is 1. The lowest BCUT2D eigenvalue weighted by atomic mass is 10.2. The molecule has 82 valence electrons. The monoisotopic (exact) mass is 214 g/mol. The molecule has 0 bridgehead atoms. The van der Waals surface area contributed by atoms with Crippen LogP contribution in [-0.4, -0.2) is 9.97 Å². The Labute approximate surface area is 94.5 Å². The van der Waals surface area contributed by atoms with E-state index in [1.54, 1.807) is 12.4 Å². The summed E-state index contributed by atoms with van der Waals surface area (Å²) in [6.07, 6.45) is 5.22. The Morgan fingerprint density at radius 2 is 1.94 bits per heavy atom. The summed E-state index contributed by atoms with van der Waals surface area (Å²) < 4.78 is 0. The number of anilines is 3. The van der Waals surface area contributed by atoms with Crippen LogP contribution in [0.3, 0.4) is 0 Å². The van der Waals surface area contributed by atoms with E-state index in [0.29, 0.717) is 5.69 Å². The van der Waals surface area contributed by atoms with Gasteiger partial charge in [-0.05, 0) is 37.1 Å². The van der Waals surface area contributed by atoms with Crippen molar-refractivity contribution in [2.75, 3.05) is 11.1 Å². The molecule has 0 unspecified atom stereocenters. The first-order valence-corrected chi connectivity index (χ1v) is 5.06. The van der Waals surface area contributed by atoms with Gasteiger partial charge in [-0.3, -0.25) is 4.98 Å². The maximum atomic E-state index is 5.64. The number of hydrogen-bond donors (Lipinski definition) is 2. The smallest absolute Gasteiger partial charge is 0.133 e. The number of pyridine rings is 2. The normalized spacial score (nSPS) is 10.1. The summed E-state index contributed by atoms with van der Waals surface area (Å²) in [6, 6.07) is 3.91. The molecular formula is C12H14N4. The molecule has 0 fully saturated rings. The molecule has 4 nitrogen and oxygen atoms in total.